The van der Waals surface area contributed by atoms with Crippen LogP contribution in [-0.2, 0) is 13.0 Å². The minimum atomic E-state index is -0.00195. The molecule has 5 rings (SSSR count). The maximum absolute atomic E-state index is 12.8. The Labute approximate surface area is 186 Å². The SMILES string of the molecule is O=C(N[C@H]1COc2cc(CN3CCCC3)ccc2C1)c1ccc(C2CCCCC2)cc1. The number of hydrogen-bond acceptors (Lipinski definition) is 3. The van der Waals surface area contributed by atoms with Crippen LogP contribution >= 0.6 is 0 Å². The summed E-state index contributed by atoms with van der Waals surface area (Å²) in [7, 11) is 0. The van der Waals surface area contributed by atoms with Crippen molar-refractivity contribution in [3.63, 3.8) is 0 Å². The maximum atomic E-state index is 12.8. The zero-order chi connectivity index (χ0) is 21.0. The van der Waals surface area contributed by atoms with E-state index in [-0.39, 0.29) is 11.9 Å². The fourth-order valence-corrected chi connectivity index (χ4v) is 5.42. The maximum Gasteiger partial charge on any atom is 0.251 e. The number of ether oxygens (including phenoxy) is 1. The van der Waals surface area contributed by atoms with Crippen molar-refractivity contribution in [3.05, 3.63) is 64.7 Å². The van der Waals surface area contributed by atoms with Crippen molar-refractivity contribution in [1.82, 2.24) is 10.2 Å². The molecule has 4 nitrogen and oxygen atoms in total. The van der Waals surface area contributed by atoms with Crippen LogP contribution in [0.2, 0.25) is 0 Å². The van der Waals surface area contributed by atoms with Crippen molar-refractivity contribution in [1.29, 1.82) is 0 Å². The van der Waals surface area contributed by atoms with Crippen LogP contribution in [0.5, 0.6) is 5.75 Å². The number of benzene rings is 2. The van der Waals surface area contributed by atoms with E-state index in [0.29, 0.717) is 12.5 Å². The Morgan fingerprint density at radius 3 is 2.52 bits per heavy atom. The van der Waals surface area contributed by atoms with E-state index in [9.17, 15) is 4.79 Å². The first-order chi connectivity index (χ1) is 15.2. The van der Waals surface area contributed by atoms with Crippen molar-refractivity contribution in [3.8, 4) is 5.75 Å². The van der Waals surface area contributed by atoms with Gasteiger partial charge in [0.05, 0.1) is 6.04 Å². The smallest absolute Gasteiger partial charge is 0.251 e. The molecule has 0 unspecified atom stereocenters. The molecule has 1 saturated heterocycles. The van der Waals surface area contributed by atoms with Gasteiger partial charge in [0.2, 0.25) is 0 Å². The van der Waals surface area contributed by atoms with E-state index in [1.54, 1.807) is 0 Å². The van der Waals surface area contributed by atoms with Gasteiger partial charge in [0.25, 0.3) is 5.91 Å². The predicted octanol–water partition coefficient (Wildman–Crippen LogP) is 5.06. The van der Waals surface area contributed by atoms with E-state index in [1.807, 2.05) is 12.1 Å². The highest BCUT2D eigenvalue weighted by Gasteiger charge is 2.23. The van der Waals surface area contributed by atoms with E-state index in [0.717, 1.165) is 24.3 Å². The Hall–Kier alpha value is -2.33. The Balaban J connectivity index is 1.17. The summed E-state index contributed by atoms with van der Waals surface area (Å²) in [6.45, 7) is 3.95. The number of likely N-dealkylation sites (tertiary alicyclic amines) is 1. The fraction of sp³-hybridized carbons (Fsp3) is 0.519. The van der Waals surface area contributed by atoms with Crippen molar-refractivity contribution in [2.45, 2.75) is 69.9 Å². The van der Waals surface area contributed by atoms with Gasteiger partial charge in [0, 0.05) is 12.1 Å². The van der Waals surface area contributed by atoms with Crippen LogP contribution in [0, 0.1) is 0 Å². The Bertz CT molecular complexity index is 896. The minimum Gasteiger partial charge on any atom is -0.491 e. The van der Waals surface area contributed by atoms with Gasteiger partial charge in [-0.3, -0.25) is 9.69 Å². The quantitative estimate of drug-likeness (QED) is 0.738. The normalized spacial score (nSPS) is 22.0. The van der Waals surface area contributed by atoms with Crippen LogP contribution in [-0.4, -0.2) is 36.5 Å². The highest BCUT2D eigenvalue weighted by molar-refractivity contribution is 5.94. The van der Waals surface area contributed by atoms with Crippen molar-refractivity contribution in [2.24, 2.45) is 0 Å². The van der Waals surface area contributed by atoms with Crippen LogP contribution in [0.1, 0.15) is 77.9 Å². The molecule has 164 valence electrons. The molecule has 1 saturated carbocycles. The third-order valence-corrected chi connectivity index (χ3v) is 7.23. The van der Waals surface area contributed by atoms with Gasteiger partial charge >= 0.3 is 0 Å². The first kappa shape index (κ1) is 20.6. The van der Waals surface area contributed by atoms with Crippen LogP contribution in [0.3, 0.4) is 0 Å². The van der Waals surface area contributed by atoms with Crippen LogP contribution in [0.4, 0.5) is 0 Å². The second kappa shape index (κ2) is 9.44. The zero-order valence-corrected chi connectivity index (χ0v) is 18.4. The summed E-state index contributed by atoms with van der Waals surface area (Å²) in [5.41, 5.74) is 4.64. The number of hydrogen-bond donors (Lipinski definition) is 1. The van der Waals surface area contributed by atoms with Crippen molar-refractivity contribution < 1.29 is 9.53 Å². The molecular weight excluding hydrogens is 384 g/mol. The molecule has 0 bridgehead atoms. The van der Waals surface area contributed by atoms with Gasteiger partial charge in [-0.25, -0.2) is 0 Å². The first-order valence-electron chi connectivity index (χ1n) is 12.1. The summed E-state index contributed by atoms with van der Waals surface area (Å²) in [6.07, 6.45) is 10.0. The van der Waals surface area contributed by atoms with E-state index in [1.165, 1.54) is 74.7 Å². The number of fused-ring (bicyclic) bond motifs is 1. The van der Waals surface area contributed by atoms with E-state index >= 15 is 0 Å². The number of amides is 1. The molecule has 2 aromatic carbocycles. The number of rotatable bonds is 5. The van der Waals surface area contributed by atoms with Gasteiger partial charge in [-0.2, -0.15) is 0 Å². The van der Waals surface area contributed by atoms with Crippen molar-refractivity contribution in [2.75, 3.05) is 19.7 Å². The van der Waals surface area contributed by atoms with E-state index in [4.69, 9.17) is 4.74 Å². The van der Waals surface area contributed by atoms with Crippen LogP contribution in [0.15, 0.2) is 42.5 Å². The van der Waals surface area contributed by atoms with E-state index < -0.39 is 0 Å². The largest absolute Gasteiger partial charge is 0.491 e. The Morgan fingerprint density at radius 2 is 1.74 bits per heavy atom. The zero-order valence-electron chi connectivity index (χ0n) is 18.4. The molecule has 1 amide bonds. The molecule has 1 atom stereocenters. The number of nitrogens with one attached hydrogen (secondary N) is 1. The molecule has 3 aliphatic rings. The van der Waals surface area contributed by atoms with Crippen LogP contribution < -0.4 is 10.1 Å². The average Bonchev–Trinajstić information content (AvgIpc) is 3.33. The van der Waals surface area contributed by atoms with Gasteiger partial charge in [-0.05, 0) is 86.0 Å². The lowest BCUT2D eigenvalue weighted by Crippen LogP contribution is -2.42. The molecule has 0 spiro atoms. The van der Waals surface area contributed by atoms with Gasteiger partial charge in [-0.1, -0.05) is 43.5 Å². The molecule has 1 aliphatic carbocycles. The molecule has 31 heavy (non-hydrogen) atoms. The summed E-state index contributed by atoms with van der Waals surface area (Å²) in [5, 5.41) is 3.18. The lowest BCUT2D eigenvalue weighted by molar-refractivity contribution is 0.0915. The molecule has 0 radical (unpaired) electrons. The van der Waals surface area contributed by atoms with E-state index in [2.05, 4.69) is 40.5 Å². The molecule has 0 aromatic heterocycles. The summed E-state index contributed by atoms with van der Waals surface area (Å²) >= 11 is 0. The molecule has 2 fully saturated rings. The molecule has 2 heterocycles. The molecular formula is C27H34N2O2. The third-order valence-electron chi connectivity index (χ3n) is 7.23. The van der Waals surface area contributed by atoms with Gasteiger partial charge < -0.3 is 10.1 Å². The first-order valence-corrected chi connectivity index (χ1v) is 12.1. The summed E-state index contributed by atoms with van der Waals surface area (Å²) in [6, 6.07) is 14.9. The molecule has 1 N–H and O–H groups in total. The lowest BCUT2D eigenvalue weighted by atomic mass is 9.84. The van der Waals surface area contributed by atoms with Gasteiger partial charge in [0.15, 0.2) is 0 Å². The highest BCUT2D eigenvalue weighted by atomic mass is 16.5. The Morgan fingerprint density at radius 1 is 0.968 bits per heavy atom. The average molecular weight is 419 g/mol. The predicted molar refractivity (Wildman–Crippen MR) is 124 cm³/mol. The summed E-state index contributed by atoms with van der Waals surface area (Å²) in [4.78, 5) is 15.3. The fourth-order valence-electron chi connectivity index (χ4n) is 5.42. The standard InChI is InChI=1S/C27H34N2O2/c30-27(23-12-10-22(11-13-23)21-6-2-1-3-7-21)28-25-17-24-9-8-20(16-26(24)31-19-25)18-29-14-4-5-15-29/h8-13,16,21,25H,1-7,14-15,17-19H2,(H,28,30)/t25-/m1/s1. The third kappa shape index (κ3) is 4.95. The number of carbonyl (C=O) groups excluding carboxylic acids is 1. The monoisotopic (exact) mass is 418 g/mol. The Kier molecular flexibility index (Phi) is 6.26. The van der Waals surface area contributed by atoms with Crippen molar-refractivity contribution >= 4 is 5.91 Å². The summed E-state index contributed by atoms with van der Waals surface area (Å²) < 4.78 is 6.04. The highest BCUT2D eigenvalue weighted by Crippen LogP contribution is 2.32. The molecule has 4 heteroatoms. The van der Waals surface area contributed by atoms with Crippen LogP contribution in [0.25, 0.3) is 0 Å². The summed E-state index contributed by atoms with van der Waals surface area (Å²) in [5.74, 6) is 1.65. The second-order valence-corrected chi connectivity index (χ2v) is 9.57. The minimum absolute atomic E-state index is 0.00195. The number of nitrogens with zero attached hydrogens (tertiary/aromatic N) is 1. The van der Waals surface area contributed by atoms with Gasteiger partial charge in [0.1, 0.15) is 12.4 Å². The molecule has 2 aliphatic heterocycles. The second-order valence-electron chi connectivity index (χ2n) is 9.57. The lowest BCUT2D eigenvalue weighted by Gasteiger charge is -2.27. The molecule has 2 aromatic rings. The number of carbonyl (C=O) groups is 1. The van der Waals surface area contributed by atoms with Gasteiger partial charge in [-0.15, -0.1) is 0 Å². The topological polar surface area (TPSA) is 41.6 Å².